The molecule has 2 heteroatoms. The van der Waals surface area contributed by atoms with Gasteiger partial charge in [0, 0.05) is 12.0 Å². The fraction of sp³-hybridized carbons (Fsp3) is 1.00. The first kappa shape index (κ1) is 15.9. The number of nitrogens with two attached hydrogens (primary N) is 1. The number of hydrogen-bond acceptors (Lipinski definition) is 2. The topological polar surface area (TPSA) is 46.2 Å². The van der Waals surface area contributed by atoms with Crippen molar-refractivity contribution in [3.8, 4) is 0 Å². The van der Waals surface area contributed by atoms with Crippen molar-refractivity contribution in [3.63, 3.8) is 0 Å². The molecule has 0 bridgehead atoms. The third-order valence-corrected chi connectivity index (χ3v) is 4.18. The first-order chi connectivity index (χ1) is 7.56. The van der Waals surface area contributed by atoms with Gasteiger partial charge in [-0.15, -0.1) is 0 Å². The zero-order chi connectivity index (χ0) is 12.6. The number of hydrogen-bond donors (Lipinski definition) is 2. The Morgan fingerprint density at radius 3 is 2.19 bits per heavy atom. The number of aliphatic hydroxyl groups excluding tert-OH is 1. The molecule has 0 saturated carbocycles. The summed E-state index contributed by atoms with van der Waals surface area (Å²) < 4.78 is 0. The summed E-state index contributed by atoms with van der Waals surface area (Å²) in [7, 11) is 0. The van der Waals surface area contributed by atoms with Crippen LogP contribution in [0.25, 0.3) is 0 Å². The molecule has 0 heterocycles. The van der Waals surface area contributed by atoms with Crippen LogP contribution in [0.3, 0.4) is 0 Å². The maximum Gasteiger partial charge on any atom is 0.0502 e. The summed E-state index contributed by atoms with van der Waals surface area (Å²) in [6.07, 6.45) is 6.11. The van der Waals surface area contributed by atoms with Gasteiger partial charge in [0.2, 0.25) is 0 Å². The monoisotopic (exact) mass is 229 g/mol. The Morgan fingerprint density at radius 1 is 1.25 bits per heavy atom. The van der Waals surface area contributed by atoms with Crippen molar-refractivity contribution in [1.82, 2.24) is 0 Å². The Bertz CT molecular complexity index is 164. The average molecular weight is 229 g/mol. The van der Waals surface area contributed by atoms with Gasteiger partial charge in [0.1, 0.15) is 0 Å². The number of rotatable bonds is 9. The predicted molar refractivity (Wildman–Crippen MR) is 71.3 cm³/mol. The van der Waals surface area contributed by atoms with Crippen LogP contribution in [0.2, 0.25) is 0 Å². The lowest BCUT2D eigenvalue weighted by molar-refractivity contribution is 0.0547. The molecule has 0 rings (SSSR count). The van der Waals surface area contributed by atoms with E-state index in [-0.39, 0.29) is 12.0 Å². The molecule has 0 aliphatic rings. The molecule has 0 saturated heterocycles. The Labute approximate surface area is 102 Å². The molecule has 2 unspecified atom stereocenters. The van der Waals surface area contributed by atoms with Crippen LogP contribution >= 0.6 is 0 Å². The fourth-order valence-corrected chi connectivity index (χ4v) is 2.38. The minimum absolute atomic E-state index is 0.0611. The number of unbranched alkanes of at least 4 members (excludes halogenated alkanes) is 1. The average Bonchev–Trinajstić information content (AvgIpc) is 2.30. The highest BCUT2D eigenvalue weighted by molar-refractivity contribution is 4.85. The molecule has 0 aromatic heterocycles. The molecule has 0 fully saturated rings. The quantitative estimate of drug-likeness (QED) is 0.638. The minimum atomic E-state index is -0.0611. The van der Waals surface area contributed by atoms with Crippen LogP contribution in [0.4, 0.5) is 0 Å². The number of aliphatic hydroxyl groups is 1. The molecule has 98 valence electrons. The second kappa shape index (κ2) is 8.08. The lowest BCUT2D eigenvalue weighted by Gasteiger charge is -2.37. The highest BCUT2D eigenvalue weighted by Crippen LogP contribution is 2.36. The fourth-order valence-electron chi connectivity index (χ4n) is 2.38. The van der Waals surface area contributed by atoms with Crippen LogP contribution in [-0.4, -0.2) is 18.3 Å². The summed E-state index contributed by atoms with van der Waals surface area (Å²) in [6, 6.07) is 0. The van der Waals surface area contributed by atoms with E-state index in [9.17, 15) is 5.11 Å². The molecule has 2 atom stereocenters. The summed E-state index contributed by atoms with van der Waals surface area (Å²) in [5, 5.41) is 9.64. The first-order valence-corrected chi connectivity index (χ1v) is 6.87. The van der Waals surface area contributed by atoms with Crippen LogP contribution < -0.4 is 5.73 Å². The zero-order valence-corrected chi connectivity index (χ0v) is 11.6. The van der Waals surface area contributed by atoms with Gasteiger partial charge >= 0.3 is 0 Å². The third kappa shape index (κ3) is 4.42. The van der Waals surface area contributed by atoms with E-state index in [2.05, 4.69) is 27.7 Å². The molecule has 2 nitrogen and oxygen atoms in total. The van der Waals surface area contributed by atoms with E-state index in [1.165, 1.54) is 25.7 Å². The molecule has 0 aliphatic carbocycles. The van der Waals surface area contributed by atoms with Crippen LogP contribution in [0.1, 0.15) is 59.8 Å². The second-order valence-electron chi connectivity index (χ2n) is 5.50. The van der Waals surface area contributed by atoms with E-state index in [0.29, 0.717) is 12.5 Å². The smallest absolute Gasteiger partial charge is 0.0502 e. The lowest BCUT2D eigenvalue weighted by Crippen LogP contribution is -2.40. The summed E-state index contributed by atoms with van der Waals surface area (Å²) in [5.74, 6) is 1.18. The van der Waals surface area contributed by atoms with Crippen LogP contribution in [0.15, 0.2) is 0 Å². The molecule has 0 aromatic carbocycles. The summed E-state index contributed by atoms with van der Waals surface area (Å²) in [4.78, 5) is 0. The molecule has 0 spiro atoms. The van der Waals surface area contributed by atoms with Gasteiger partial charge in [0.15, 0.2) is 0 Å². The van der Waals surface area contributed by atoms with Gasteiger partial charge in [-0.05, 0) is 18.3 Å². The Hall–Kier alpha value is -0.0800. The van der Waals surface area contributed by atoms with Crippen molar-refractivity contribution in [2.24, 2.45) is 23.0 Å². The lowest BCUT2D eigenvalue weighted by atomic mass is 9.70. The van der Waals surface area contributed by atoms with Crippen molar-refractivity contribution < 1.29 is 5.11 Å². The second-order valence-corrected chi connectivity index (χ2v) is 5.50. The van der Waals surface area contributed by atoms with Gasteiger partial charge in [-0.2, -0.15) is 0 Å². The zero-order valence-electron chi connectivity index (χ0n) is 11.6. The Balaban J connectivity index is 4.45. The normalized spacial score (nSPS) is 17.4. The van der Waals surface area contributed by atoms with Crippen molar-refractivity contribution in [1.29, 1.82) is 0 Å². The molecular weight excluding hydrogens is 198 g/mol. The minimum Gasteiger partial charge on any atom is -0.396 e. The van der Waals surface area contributed by atoms with E-state index in [1.54, 1.807) is 0 Å². The maximum absolute atomic E-state index is 9.64. The van der Waals surface area contributed by atoms with E-state index < -0.39 is 0 Å². The molecule has 0 aromatic rings. The predicted octanol–water partition coefficient (Wildman–Crippen LogP) is 3.19. The van der Waals surface area contributed by atoms with Gasteiger partial charge in [0.25, 0.3) is 0 Å². The molecule has 16 heavy (non-hydrogen) atoms. The van der Waals surface area contributed by atoms with Crippen molar-refractivity contribution in [2.45, 2.75) is 59.8 Å². The molecule has 0 aliphatic heterocycles. The highest BCUT2D eigenvalue weighted by Gasteiger charge is 2.33. The summed E-state index contributed by atoms with van der Waals surface area (Å²) in [5.41, 5.74) is 5.83. The van der Waals surface area contributed by atoms with Gasteiger partial charge in [-0.25, -0.2) is 0 Å². The van der Waals surface area contributed by atoms with Crippen molar-refractivity contribution in [3.05, 3.63) is 0 Å². The highest BCUT2D eigenvalue weighted by atomic mass is 16.3. The van der Waals surface area contributed by atoms with Gasteiger partial charge in [-0.1, -0.05) is 53.4 Å². The Kier molecular flexibility index (Phi) is 8.04. The van der Waals surface area contributed by atoms with Gasteiger partial charge in [0.05, 0.1) is 6.61 Å². The third-order valence-electron chi connectivity index (χ3n) is 4.18. The van der Waals surface area contributed by atoms with Gasteiger partial charge < -0.3 is 10.8 Å². The summed E-state index contributed by atoms with van der Waals surface area (Å²) >= 11 is 0. The van der Waals surface area contributed by atoms with Crippen LogP contribution in [0.5, 0.6) is 0 Å². The van der Waals surface area contributed by atoms with E-state index >= 15 is 0 Å². The largest absolute Gasteiger partial charge is 0.396 e. The van der Waals surface area contributed by atoms with Crippen LogP contribution in [-0.2, 0) is 0 Å². The van der Waals surface area contributed by atoms with Gasteiger partial charge in [-0.3, -0.25) is 0 Å². The van der Waals surface area contributed by atoms with Crippen molar-refractivity contribution in [2.75, 3.05) is 13.2 Å². The molecule has 0 radical (unpaired) electrons. The summed E-state index contributed by atoms with van der Waals surface area (Å²) in [6.45, 7) is 9.66. The van der Waals surface area contributed by atoms with E-state index in [0.717, 1.165) is 12.3 Å². The van der Waals surface area contributed by atoms with Crippen molar-refractivity contribution >= 4 is 0 Å². The molecule has 3 N–H and O–H groups in total. The molecular formula is C14H31NO. The van der Waals surface area contributed by atoms with Crippen LogP contribution in [0, 0.1) is 17.3 Å². The first-order valence-electron chi connectivity index (χ1n) is 6.87. The maximum atomic E-state index is 9.64. The Morgan fingerprint density at radius 2 is 1.88 bits per heavy atom. The molecule has 0 amide bonds. The SMILES string of the molecule is CCCCC(CC)CC(CN)(CO)C(C)C. The van der Waals surface area contributed by atoms with E-state index in [1.807, 2.05) is 0 Å². The van der Waals surface area contributed by atoms with E-state index in [4.69, 9.17) is 5.73 Å². The standard InChI is InChI=1S/C14H31NO/c1-5-7-8-13(6-2)9-14(10-15,11-16)12(3)4/h12-13,16H,5-11,15H2,1-4H3.